The zero-order valence-corrected chi connectivity index (χ0v) is 18.2. The maximum atomic E-state index is 12.5. The molecule has 1 aliphatic heterocycles. The van der Waals surface area contributed by atoms with Crippen molar-refractivity contribution in [2.24, 2.45) is 4.99 Å². The van der Waals surface area contributed by atoms with Crippen LogP contribution in [-0.2, 0) is 14.3 Å². The van der Waals surface area contributed by atoms with Crippen LogP contribution in [-0.4, -0.2) is 56.6 Å². The van der Waals surface area contributed by atoms with Crippen molar-refractivity contribution in [1.29, 1.82) is 0 Å². The van der Waals surface area contributed by atoms with E-state index in [2.05, 4.69) is 9.73 Å². The van der Waals surface area contributed by atoms with Gasteiger partial charge in [0.1, 0.15) is 5.75 Å². The Morgan fingerprint density at radius 3 is 2.64 bits per heavy atom. The minimum Gasteiger partial charge on any atom is -0.490 e. The third kappa shape index (κ3) is 6.28. The van der Waals surface area contributed by atoms with E-state index in [4.69, 9.17) is 14.2 Å². The number of alkyl halides is 2. The highest BCUT2D eigenvalue weighted by atomic mass is 19.3. The number of esters is 1. The molecule has 0 spiro atoms. The van der Waals surface area contributed by atoms with E-state index in [1.165, 1.54) is 29.2 Å². The molecule has 0 saturated carbocycles. The Kier molecular flexibility index (Phi) is 7.60. The fourth-order valence-corrected chi connectivity index (χ4v) is 2.77. The molecule has 1 amide bonds. The van der Waals surface area contributed by atoms with Crippen LogP contribution in [0.4, 0.5) is 8.78 Å². The van der Waals surface area contributed by atoms with Crippen LogP contribution < -0.4 is 14.2 Å². The van der Waals surface area contributed by atoms with Gasteiger partial charge in [0, 0.05) is 19.7 Å². The molecular formula is C23H22F2N2O6. The largest absolute Gasteiger partial charge is 0.490 e. The van der Waals surface area contributed by atoms with Gasteiger partial charge < -0.3 is 23.8 Å². The quantitative estimate of drug-likeness (QED) is 0.421. The molecule has 0 bridgehead atoms. The van der Waals surface area contributed by atoms with Crippen molar-refractivity contribution in [1.82, 2.24) is 4.90 Å². The van der Waals surface area contributed by atoms with Gasteiger partial charge in [0.05, 0.1) is 6.61 Å². The van der Waals surface area contributed by atoms with Crippen LogP contribution in [0.25, 0.3) is 6.08 Å². The van der Waals surface area contributed by atoms with Gasteiger partial charge in [0.25, 0.3) is 5.91 Å². The van der Waals surface area contributed by atoms with Crippen molar-refractivity contribution in [3.8, 4) is 17.2 Å². The van der Waals surface area contributed by atoms with Gasteiger partial charge in [-0.15, -0.1) is 0 Å². The molecule has 2 aromatic rings. The highest BCUT2D eigenvalue weighted by Gasteiger charge is 2.25. The smallest absolute Gasteiger partial charge is 0.387 e. The molecule has 2 aromatic carbocycles. The summed E-state index contributed by atoms with van der Waals surface area (Å²) >= 11 is 0. The Morgan fingerprint density at radius 1 is 1.15 bits per heavy atom. The van der Waals surface area contributed by atoms with E-state index in [9.17, 15) is 18.4 Å². The highest BCUT2D eigenvalue weighted by molar-refractivity contribution is 6.13. The molecule has 33 heavy (non-hydrogen) atoms. The third-order valence-electron chi connectivity index (χ3n) is 4.35. The lowest BCUT2D eigenvalue weighted by atomic mass is 10.1. The Labute approximate surface area is 189 Å². The highest BCUT2D eigenvalue weighted by Crippen LogP contribution is 2.30. The summed E-state index contributed by atoms with van der Waals surface area (Å²) in [4.78, 5) is 29.7. The number of cyclic esters (lactones) is 1. The minimum absolute atomic E-state index is 0.0177. The van der Waals surface area contributed by atoms with Gasteiger partial charge >= 0.3 is 12.6 Å². The number of halogens is 2. The Balaban J connectivity index is 1.83. The molecule has 0 N–H and O–H groups in total. The fourth-order valence-electron chi connectivity index (χ4n) is 2.77. The standard InChI is InChI=1S/C23H22F2N2O6/c1-4-30-19-11-14(8-9-18(19)31-13-20(28)27(2)3)10-17-22(29)33-21(26-17)15-6-5-7-16(12-15)32-23(24)25/h5-12,23H,4,13H2,1-3H3/b17-10-. The molecule has 10 heteroatoms. The first-order valence-electron chi connectivity index (χ1n) is 9.94. The van der Waals surface area contributed by atoms with E-state index < -0.39 is 12.6 Å². The summed E-state index contributed by atoms with van der Waals surface area (Å²) in [5, 5.41) is 0. The van der Waals surface area contributed by atoms with Gasteiger partial charge in [-0.1, -0.05) is 12.1 Å². The second-order valence-corrected chi connectivity index (χ2v) is 6.96. The SMILES string of the molecule is CCOc1cc(/C=C2\N=C(c3cccc(OC(F)F)c3)OC2=O)ccc1OCC(=O)N(C)C. The fraction of sp³-hybridized carbons (Fsp3) is 0.261. The van der Waals surface area contributed by atoms with E-state index in [1.807, 2.05) is 0 Å². The van der Waals surface area contributed by atoms with Crippen LogP contribution in [0.1, 0.15) is 18.1 Å². The van der Waals surface area contributed by atoms with Gasteiger partial charge in [0.2, 0.25) is 5.90 Å². The molecule has 0 unspecified atom stereocenters. The van der Waals surface area contributed by atoms with Gasteiger partial charge in [0.15, 0.2) is 23.8 Å². The first-order valence-corrected chi connectivity index (χ1v) is 9.94. The lowest BCUT2D eigenvalue weighted by molar-refractivity contribution is -0.131. The number of amides is 1. The molecule has 8 nitrogen and oxygen atoms in total. The topological polar surface area (TPSA) is 86.7 Å². The number of carbonyl (C=O) groups is 2. The number of likely N-dealkylation sites (N-methyl/N-ethyl adjacent to an activating group) is 1. The Bertz CT molecular complexity index is 1100. The van der Waals surface area contributed by atoms with Crippen molar-refractivity contribution in [2.45, 2.75) is 13.5 Å². The Morgan fingerprint density at radius 2 is 1.94 bits per heavy atom. The molecule has 0 aromatic heterocycles. The summed E-state index contributed by atoms with van der Waals surface area (Å²) in [6, 6.07) is 10.6. The van der Waals surface area contributed by atoms with Crippen molar-refractivity contribution in [3.05, 3.63) is 59.3 Å². The molecule has 0 radical (unpaired) electrons. The molecule has 1 aliphatic rings. The van der Waals surface area contributed by atoms with Crippen molar-refractivity contribution in [2.75, 3.05) is 27.3 Å². The van der Waals surface area contributed by atoms with E-state index in [0.29, 0.717) is 29.2 Å². The molecular weight excluding hydrogens is 438 g/mol. The minimum atomic E-state index is -2.98. The number of carbonyl (C=O) groups excluding carboxylic acids is 2. The summed E-state index contributed by atoms with van der Waals surface area (Å²) in [7, 11) is 3.25. The number of benzene rings is 2. The normalized spacial score (nSPS) is 14.2. The zero-order valence-electron chi connectivity index (χ0n) is 18.2. The van der Waals surface area contributed by atoms with E-state index in [0.717, 1.165) is 0 Å². The maximum Gasteiger partial charge on any atom is 0.387 e. The summed E-state index contributed by atoms with van der Waals surface area (Å²) in [6.45, 7) is -0.964. The third-order valence-corrected chi connectivity index (χ3v) is 4.35. The van der Waals surface area contributed by atoms with Gasteiger partial charge in [-0.25, -0.2) is 9.79 Å². The first kappa shape index (κ1) is 23.7. The van der Waals surface area contributed by atoms with E-state index >= 15 is 0 Å². The van der Waals surface area contributed by atoms with E-state index in [1.54, 1.807) is 45.3 Å². The van der Waals surface area contributed by atoms with Crippen LogP contribution in [0.5, 0.6) is 17.2 Å². The summed E-state index contributed by atoms with van der Waals surface area (Å²) in [5.74, 6) is -0.238. The van der Waals surface area contributed by atoms with Crippen molar-refractivity contribution in [3.63, 3.8) is 0 Å². The van der Waals surface area contributed by atoms with Gasteiger partial charge in [-0.2, -0.15) is 8.78 Å². The molecule has 3 rings (SSSR count). The predicted molar refractivity (Wildman–Crippen MR) is 115 cm³/mol. The summed E-state index contributed by atoms with van der Waals surface area (Å²) in [6.07, 6.45) is 1.49. The number of aliphatic imine (C=N–C) groups is 1. The molecule has 174 valence electrons. The molecule has 1 heterocycles. The number of ether oxygens (including phenoxy) is 4. The van der Waals surface area contributed by atoms with Crippen LogP contribution in [0.2, 0.25) is 0 Å². The molecule has 0 atom stereocenters. The predicted octanol–water partition coefficient (Wildman–Crippen LogP) is 3.50. The maximum absolute atomic E-state index is 12.5. The first-order chi connectivity index (χ1) is 15.8. The van der Waals surface area contributed by atoms with Crippen LogP contribution >= 0.6 is 0 Å². The number of nitrogens with zero attached hydrogens (tertiary/aromatic N) is 2. The van der Waals surface area contributed by atoms with Crippen LogP contribution in [0.15, 0.2) is 53.2 Å². The summed E-state index contributed by atoms with van der Waals surface area (Å²) in [5.41, 5.74) is 0.912. The van der Waals surface area contributed by atoms with Gasteiger partial charge in [-0.05, 0) is 48.9 Å². The second-order valence-electron chi connectivity index (χ2n) is 6.96. The van der Waals surface area contributed by atoms with Crippen LogP contribution in [0.3, 0.4) is 0 Å². The molecule has 0 fully saturated rings. The number of rotatable bonds is 9. The van der Waals surface area contributed by atoms with Crippen molar-refractivity contribution >= 4 is 23.9 Å². The lowest BCUT2D eigenvalue weighted by Gasteiger charge is -2.14. The molecule has 0 aliphatic carbocycles. The van der Waals surface area contributed by atoms with Gasteiger partial charge in [-0.3, -0.25) is 4.79 Å². The average Bonchev–Trinajstić information content (AvgIpc) is 3.13. The molecule has 0 saturated heterocycles. The van der Waals surface area contributed by atoms with E-state index in [-0.39, 0.29) is 29.9 Å². The number of hydrogen-bond donors (Lipinski definition) is 0. The number of hydrogen-bond acceptors (Lipinski definition) is 7. The van der Waals surface area contributed by atoms with Crippen molar-refractivity contribution < 1.29 is 37.3 Å². The lowest BCUT2D eigenvalue weighted by Crippen LogP contribution is -2.27. The zero-order chi connectivity index (χ0) is 24.0. The van der Waals surface area contributed by atoms with Crippen LogP contribution in [0, 0.1) is 0 Å². The second kappa shape index (κ2) is 10.6. The average molecular weight is 460 g/mol. The monoisotopic (exact) mass is 460 g/mol. The Hall–Kier alpha value is -3.95. The summed E-state index contributed by atoms with van der Waals surface area (Å²) < 4.78 is 45.6.